The molecule has 4 atom stereocenters. The lowest BCUT2D eigenvalue weighted by Gasteiger charge is -2.39. The Kier molecular flexibility index (Phi) is 17.7. The van der Waals surface area contributed by atoms with Gasteiger partial charge in [0.2, 0.25) is 0 Å². The zero-order valence-corrected chi connectivity index (χ0v) is 44.8. The first-order valence-corrected chi connectivity index (χ1v) is 26.6. The van der Waals surface area contributed by atoms with Crippen molar-refractivity contribution in [3.8, 4) is 44.8 Å². The second kappa shape index (κ2) is 24.3. The van der Waals surface area contributed by atoms with Crippen LogP contribution in [0.25, 0.3) is 66.6 Å². The summed E-state index contributed by atoms with van der Waals surface area (Å²) in [6, 6.07) is 16.8. The summed E-state index contributed by atoms with van der Waals surface area (Å²) in [7, 11) is 0. The zero-order chi connectivity index (χ0) is 55.1. The van der Waals surface area contributed by atoms with Gasteiger partial charge in [-0.05, 0) is 152 Å². The number of aliphatic hydroxyl groups is 2. The third kappa shape index (κ3) is 13.1. The minimum Gasteiger partial charge on any atom is -0.481 e. The van der Waals surface area contributed by atoms with E-state index < -0.39 is 30.4 Å². The van der Waals surface area contributed by atoms with E-state index in [0.29, 0.717) is 18.1 Å². The van der Waals surface area contributed by atoms with Crippen molar-refractivity contribution in [3.63, 3.8) is 0 Å². The lowest BCUT2D eigenvalue weighted by atomic mass is 9.86. The van der Waals surface area contributed by atoms with E-state index in [0.717, 1.165) is 134 Å². The number of pyridine rings is 4. The molecule has 3 N–H and O–H groups in total. The van der Waals surface area contributed by atoms with Crippen molar-refractivity contribution >= 4 is 29.8 Å². The molecule has 0 unspecified atom stereocenters. The quantitative estimate of drug-likeness (QED) is 0.0952. The Labute approximate surface area is 450 Å². The lowest BCUT2D eigenvalue weighted by Crippen LogP contribution is -2.43. The fourth-order valence-corrected chi connectivity index (χ4v) is 10.8. The number of carboxylic acids is 1. The smallest absolute Gasteiger partial charge is 0.305 e. The van der Waals surface area contributed by atoms with E-state index in [1.165, 1.54) is 24.3 Å². The van der Waals surface area contributed by atoms with Gasteiger partial charge < -0.3 is 34.5 Å². The molecule has 0 amide bonds. The number of aromatic nitrogens is 4. The van der Waals surface area contributed by atoms with Crippen LogP contribution in [0, 0.1) is 24.8 Å². The van der Waals surface area contributed by atoms with E-state index in [1.54, 1.807) is 36.7 Å². The number of aliphatic hydroxyl groups excluding tert-OH is 2. The van der Waals surface area contributed by atoms with E-state index in [9.17, 15) is 23.8 Å². The van der Waals surface area contributed by atoms with Crippen LogP contribution in [-0.4, -0.2) is 71.4 Å². The highest BCUT2D eigenvalue weighted by Gasteiger charge is 2.34. The number of ether oxygens (including phenoxy) is 2. The molecule has 0 spiro atoms. The van der Waals surface area contributed by atoms with Crippen LogP contribution in [0.1, 0.15) is 144 Å². The highest BCUT2D eigenvalue weighted by molar-refractivity contribution is 5.87. The molecule has 2 aromatic carbocycles. The first kappa shape index (κ1) is 55.9. The summed E-state index contributed by atoms with van der Waals surface area (Å²) < 4.78 is 40.3. The molecule has 0 saturated carbocycles. The summed E-state index contributed by atoms with van der Waals surface area (Å²) in [6.45, 7) is 29.2. The van der Waals surface area contributed by atoms with Crippen molar-refractivity contribution in [3.05, 3.63) is 164 Å². The van der Waals surface area contributed by atoms with Crippen LogP contribution in [0.4, 0.5) is 20.4 Å². The third-order valence-electron chi connectivity index (χ3n) is 14.2. The lowest BCUT2D eigenvalue weighted by molar-refractivity contribution is -0.290. The number of nitrogens with zero attached hydrogens (tertiary/aromatic N) is 6. The predicted molar refractivity (Wildman–Crippen MR) is 296 cm³/mol. The summed E-state index contributed by atoms with van der Waals surface area (Å²) in [4.78, 5) is 37.0. The molecule has 6 aromatic rings. The Morgan fingerprint density at radius 2 is 1.23 bits per heavy atom. The number of hydrogen-bond donors (Lipinski definition) is 3. The molecule has 0 bridgehead atoms. The van der Waals surface area contributed by atoms with Gasteiger partial charge in [0, 0.05) is 35.1 Å². The second-order valence-corrected chi connectivity index (χ2v) is 21.1. The molecule has 3 aliphatic rings. The summed E-state index contributed by atoms with van der Waals surface area (Å²) in [5.74, 6) is -1.51. The SMILES string of the molecule is [C-]#[N+]c1cc2c(cn1)-c1nc(C(C)C)c(/C=C/[C@@H](O)C[C@@H](O)CC(=O)O)c(-c3ccc(F)cc3)c1CCC2.[C-]#[N+]c1cc2c(cn1)-c1nc(C(C)C)c(/C=C/[C@@H]3C[C@H](CC)OC(C)(C)O3)c(-c3ccc(F)cc3)c1CCC2. The van der Waals surface area contributed by atoms with Gasteiger partial charge in [-0.15, -0.1) is 9.97 Å². The average molecular weight is 1040 g/mol. The molecule has 0 radical (unpaired) electrons. The predicted octanol–water partition coefficient (Wildman–Crippen LogP) is 14.2. The Balaban J connectivity index is 0.000000204. The third-order valence-corrected chi connectivity index (χ3v) is 14.2. The van der Waals surface area contributed by atoms with Gasteiger partial charge in [-0.2, -0.15) is 0 Å². The second-order valence-electron chi connectivity index (χ2n) is 21.1. The van der Waals surface area contributed by atoms with Gasteiger partial charge in [-0.25, -0.2) is 8.78 Å². The van der Waals surface area contributed by atoms with E-state index in [2.05, 4.69) is 52.6 Å². The van der Waals surface area contributed by atoms with Crippen molar-refractivity contribution in [2.24, 2.45) is 0 Å². The van der Waals surface area contributed by atoms with Gasteiger partial charge in [0.15, 0.2) is 5.79 Å². The van der Waals surface area contributed by atoms with Crippen LogP contribution in [-0.2, 0) is 40.0 Å². The summed E-state index contributed by atoms with van der Waals surface area (Å²) >= 11 is 0. The Hall–Kier alpha value is -7.33. The summed E-state index contributed by atoms with van der Waals surface area (Å²) in [5.41, 5.74) is 15.1. The zero-order valence-electron chi connectivity index (χ0n) is 44.8. The molecule has 12 nitrogen and oxygen atoms in total. The first-order valence-electron chi connectivity index (χ1n) is 26.6. The van der Waals surface area contributed by atoms with Gasteiger partial charge in [0.05, 0.1) is 53.6 Å². The number of rotatable bonds is 13. The number of halogens is 2. The monoisotopic (exact) mass is 1040 g/mol. The van der Waals surface area contributed by atoms with Crippen LogP contribution >= 0.6 is 0 Å². The van der Waals surface area contributed by atoms with Crippen molar-refractivity contribution in [2.75, 3.05) is 0 Å². The molecule has 2 aliphatic carbocycles. The average Bonchev–Trinajstić information content (AvgIpc) is 3.73. The maximum absolute atomic E-state index is 14.0. The normalized spacial score (nSPS) is 17.4. The molecule has 398 valence electrons. The molecule has 1 fully saturated rings. The number of carboxylic acid groups (broad SMARTS) is 1. The van der Waals surface area contributed by atoms with Crippen LogP contribution in [0.2, 0.25) is 0 Å². The molecule has 9 rings (SSSR count). The molecule has 14 heteroatoms. The first-order chi connectivity index (χ1) is 36.9. The van der Waals surface area contributed by atoms with Crippen molar-refractivity contribution < 1.29 is 38.4 Å². The number of carbonyl (C=O) groups is 1. The molecule has 4 aromatic heterocycles. The number of aryl methyl sites for hydroxylation is 2. The minimum atomic E-state index is -1.18. The van der Waals surface area contributed by atoms with E-state index in [-0.39, 0.29) is 42.1 Å². The highest BCUT2D eigenvalue weighted by Crippen LogP contribution is 2.45. The highest BCUT2D eigenvalue weighted by atomic mass is 19.1. The van der Waals surface area contributed by atoms with E-state index in [1.807, 2.05) is 52.0 Å². The van der Waals surface area contributed by atoms with Crippen molar-refractivity contribution in [1.29, 1.82) is 0 Å². The summed E-state index contributed by atoms with van der Waals surface area (Å²) in [5, 5.41) is 29.4. The van der Waals surface area contributed by atoms with Gasteiger partial charge in [-0.3, -0.25) is 14.8 Å². The van der Waals surface area contributed by atoms with Crippen LogP contribution < -0.4 is 0 Å². The Morgan fingerprint density at radius 1 is 0.753 bits per heavy atom. The van der Waals surface area contributed by atoms with Gasteiger partial charge in [0.25, 0.3) is 11.6 Å². The van der Waals surface area contributed by atoms with E-state index in [4.69, 9.17) is 37.7 Å². The number of fused-ring (bicyclic) bond motifs is 6. The maximum atomic E-state index is 14.0. The molecule has 5 heterocycles. The molecular formula is C63H66F2N6O6. The van der Waals surface area contributed by atoms with Crippen molar-refractivity contribution in [1.82, 2.24) is 19.9 Å². The molecule has 77 heavy (non-hydrogen) atoms. The standard InChI is InChI=1S/C33H36FN3O2.C30H30FN3O4/c1-7-24-18-25(39-33(4,5)38-24)15-16-27-30(21-11-13-23(34)14-12-21)26-10-8-9-22-17-29(35-6)36-19-28(22)32(26)37-31(27)20(2)3;1-17(2)29-24(12-11-21(35)14-22(36)15-27(37)38)28(18-7-9-20(31)10-8-18)23-6-4-5-19-13-26(32-3)33-16-25(19)30(23)34-29/h11-17,19-20,24-25H,7-10,18H2,1-5H3;7-13,16-17,21-22,35-36H,4-6,14-15H2,1-2H3,(H,37,38)/b16-15+;12-11+/t24-,25+;21-,22-/m01/s1. The minimum absolute atomic E-state index is 0.00364. The number of aliphatic carboxylic acids is 1. The number of benzene rings is 2. The maximum Gasteiger partial charge on any atom is 0.305 e. The number of hydrogen-bond acceptors (Lipinski definition) is 9. The van der Waals surface area contributed by atoms with Gasteiger partial charge >= 0.3 is 5.97 Å². The van der Waals surface area contributed by atoms with Gasteiger partial charge in [-0.1, -0.05) is 96.3 Å². The fraction of sp³-hybridized carbons (Fsp3) is 0.381. The topological polar surface area (TPSA) is 156 Å². The van der Waals surface area contributed by atoms with Gasteiger partial charge in [0.1, 0.15) is 24.0 Å². The van der Waals surface area contributed by atoms with Crippen LogP contribution in [0.5, 0.6) is 0 Å². The van der Waals surface area contributed by atoms with E-state index >= 15 is 0 Å². The summed E-state index contributed by atoms with van der Waals surface area (Å²) in [6.07, 6.45) is 15.0. The van der Waals surface area contributed by atoms with Crippen LogP contribution in [0.15, 0.2) is 85.2 Å². The Bertz CT molecular complexity index is 3280. The molecule has 1 aliphatic heterocycles. The Morgan fingerprint density at radius 3 is 1.68 bits per heavy atom. The largest absolute Gasteiger partial charge is 0.481 e. The molecular weight excluding hydrogens is 975 g/mol. The van der Waals surface area contributed by atoms with Crippen molar-refractivity contribution in [2.45, 2.75) is 155 Å². The molecule has 1 saturated heterocycles. The van der Waals surface area contributed by atoms with Crippen LogP contribution in [0.3, 0.4) is 0 Å². The fourth-order valence-electron chi connectivity index (χ4n) is 10.8.